The zero-order valence-corrected chi connectivity index (χ0v) is 13.5. The minimum atomic E-state index is -0.320. The summed E-state index contributed by atoms with van der Waals surface area (Å²) in [6.07, 6.45) is 0. The smallest absolute Gasteiger partial charge is 0.256 e. The van der Waals surface area contributed by atoms with Gasteiger partial charge >= 0.3 is 0 Å². The summed E-state index contributed by atoms with van der Waals surface area (Å²) in [4.78, 5) is 24.1. The fourth-order valence-electron chi connectivity index (χ4n) is 1.78. The van der Waals surface area contributed by atoms with E-state index >= 15 is 0 Å². The van der Waals surface area contributed by atoms with Crippen molar-refractivity contribution in [3.8, 4) is 0 Å². The van der Waals surface area contributed by atoms with Crippen LogP contribution in [0.4, 0.5) is 5.69 Å². The zero-order chi connectivity index (χ0) is 15.4. The second-order valence-corrected chi connectivity index (χ2v) is 5.49. The summed E-state index contributed by atoms with van der Waals surface area (Å²) < 4.78 is 0.679. The third-order valence-electron chi connectivity index (χ3n) is 2.82. The number of hydrogen-bond donors (Lipinski definition) is 2. The topological polar surface area (TPSA) is 58.2 Å². The Bertz CT molecular complexity index is 704. The molecule has 0 fully saturated rings. The molecule has 2 rings (SSSR count). The molecule has 0 aliphatic rings. The number of nitrogens with one attached hydrogen (secondary N) is 2. The molecule has 0 radical (unpaired) electrons. The summed E-state index contributed by atoms with van der Waals surface area (Å²) in [5.41, 5.74) is 1.19. The van der Waals surface area contributed by atoms with Gasteiger partial charge in [0.15, 0.2) is 0 Å². The van der Waals surface area contributed by atoms with Crippen LogP contribution < -0.4 is 10.6 Å². The quantitative estimate of drug-likeness (QED) is 0.869. The van der Waals surface area contributed by atoms with Crippen molar-refractivity contribution in [1.29, 1.82) is 0 Å². The van der Waals surface area contributed by atoms with Gasteiger partial charge < -0.3 is 10.6 Å². The van der Waals surface area contributed by atoms with Crippen molar-refractivity contribution in [2.24, 2.45) is 0 Å². The SMILES string of the molecule is CNC(=O)c1cc(Cl)ccc1NC(=O)c1ccccc1Br. The Balaban J connectivity index is 2.34. The minimum absolute atomic E-state index is 0.310. The Kier molecular flexibility index (Phi) is 4.98. The Morgan fingerprint density at radius 1 is 1.05 bits per heavy atom. The third-order valence-corrected chi connectivity index (χ3v) is 3.75. The van der Waals surface area contributed by atoms with Crippen LogP contribution in [0.1, 0.15) is 20.7 Å². The summed E-state index contributed by atoms with van der Waals surface area (Å²) in [6, 6.07) is 11.8. The lowest BCUT2D eigenvalue weighted by molar-refractivity contribution is 0.0964. The predicted octanol–water partition coefficient (Wildman–Crippen LogP) is 3.71. The Morgan fingerprint density at radius 3 is 2.43 bits per heavy atom. The van der Waals surface area contributed by atoms with Crippen molar-refractivity contribution < 1.29 is 9.59 Å². The first-order chi connectivity index (χ1) is 10.0. The van der Waals surface area contributed by atoms with Gasteiger partial charge in [0.2, 0.25) is 0 Å². The predicted molar refractivity (Wildman–Crippen MR) is 86.9 cm³/mol. The number of amides is 2. The summed E-state index contributed by atoms with van der Waals surface area (Å²) in [6.45, 7) is 0. The van der Waals surface area contributed by atoms with Gasteiger partial charge in [-0.25, -0.2) is 0 Å². The molecule has 4 nitrogen and oxygen atoms in total. The average Bonchev–Trinajstić information content (AvgIpc) is 2.48. The molecule has 21 heavy (non-hydrogen) atoms. The van der Waals surface area contributed by atoms with E-state index in [0.29, 0.717) is 26.3 Å². The summed E-state index contributed by atoms with van der Waals surface area (Å²) >= 11 is 9.22. The fraction of sp³-hybridized carbons (Fsp3) is 0.0667. The molecule has 108 valence electrons. The van der Waals surface area contributed by atoms with Crippen molar-refractivity contribution >= 4 is 45.0 Å². The molecule has 0 aromatic heterocycles. The van der Waals surface area contributed by atoms with E-state index in [0.717, 1.165) is 0 Å². The highest BCUT2D eigenvalue weighted by atomic mass is 79.9. The van der Waals surface area contributed by atoms with E-state index in [1.807, 2.05) is 6.07 Å². The second kappa shape index (κ2) is 6.74. The molecule has 2 amide bonds. The number of halogens is 2. The molecule has 2 aromatic carbocycles. The van der Waals surface area contributed by atoms with Gasteiger partial charge in [0.25, 0.3) is 11.8 Å². The van der Waals surface area contributed by atoms with Gasteiger partial charge in [-0.1, -0.05) is 23.7 Å². The van der Waals surface area contributed by atoms with Crippen LogP contribution in [-0.4, -0.2) is 18.9 Å². The number of benzene rings is 2. The maximum atomic E-state index is 12.3. The molecule has 0 aliphatic heterocycles. The molecular formula is C15H12BrClN2O2. The maximum Gasteiger partial charge on any atom is 0.256 e. The molecule has 6 heteroatoms. The lowest BCUT2D eigenvalue weighted by Crippen LogP contribution is -2.21. The van der Waals surface area contributed by atoms with E-state index in [1.165, 1.54) is 13.1 Å². The number of carbonyl (C=O) groups excluding carboxylic acids is 2. The van der Waals surface area contributed by atoms with E-state index in [9.17, 15) is 9.59 Å². The monoisotopic (exact) mass is 366 g/mol. The maximum absolute atomic E-state index is 12.3. The molecule has 0 spiro atoms. The average molecular weight is 368 g/mol. The third kappa shape index (κ3) is 3.62. The van der Waals surface area contributed by atoms with Crippen molar-refractivity contribution in [3.63, 3.8) is 0 Å². The Hall–Kier alpha value is -1.85. The summed E-state index contributed by atoms with van der Waals surface area (Å²) in [5, 5.41) is 5.66. The van der Waals surface area contributed by atoms with Crippen LogP contribution in [0, 0.1) is 0 Å². The van der Waals surface area contributed by atoms with Crippen molar-refractivity contribution in [1.82, 2.24) is 5.32 Å². The lowest BCUT2D eigenvalue weighted by Gasteiger charge is -2.11. The molecule has 2 N–H and O–H groups in total. The molecule has 2 aromatic rings. The zero-order valence-electron chi connectivity index (χ0n) is 11.1. The van der Waals surface area contributed by atoms with E-state index < -0.39 is 0 Å². The second-order valence-electron chi connectivity index (χ2n) is 4.20. The van der Waals surface area contributed by atoms with Gasteiger partial charge in [0.1, 0.15) is 0 Å². The van der Waals surface area contributed by atoms with Crippen LogP contribution in [0.2, 0.25) is 5.02 Å². The van der Waals surface area contributed by atoms with Crippen molar-refractivity contribution in [2.45, 2.75) is 0 Å². The lowest BCUT2D eigenvalue weighted by atomic mass is 10.1. The first-order valence-corrected chi connectivity index (χ1v) is 7.27. The normalized spacial score (nSPS) is 10.0. The first kappa shape index (κ1) is 15.5. The fourth-order valence-corrected chi connectivity index (χ4v) is 2.42. The molecule has 0 bridgehead atoms. The highest BCUT2D eigenvalue weighted by molar-refractivity contribution is 9.10. The molecule has 0 atom stereocenters. The number of anilines is 1. The van der Waals surface area contributed by atoms with Gasteiger partial charge in [-0.3, -0.25) is 9.59 Å². The summed E-state index contributed by atoms with van der Waals surface area (Å²) in [5.74, 6) is -0.630. The van der Waals surface area contributed by atoms with Crippen LogP contribution in [0.5, 0.6) is 0 Å². The van der Waals surface area contributed by atoms with Crippen LogP contribution in [0.25, 0.3) is 0 Å². The number of hydrogen-bond acceptors (Lipinski definition) is 2. The Labute approximate surface area is 135 Å². The highest BCUT2D eigenvalue weighted by Crippen LogP contribution is 2.23. The van der Waals surface area contributed by atoms with Gasteiger partial charge in [-0.05, 0) is 46.3 Å². The number of carbonyl (C=O) groups is 2. The molecular weight excluding hydrogens is 356 g/mol. The van der Waals surface area contributed by atoms with E-state index in [4.69, 9.17) is 11.6 Å². The van der Waals surface area contributed by atoms with Crippen molar-refractivity contribution in [2.75, 3.05) is 12.4 Å². The van der Waals surface area contributed by atoms with Gasteiger partial charge in [-0.15, -0.1) is 0 Å². The molecule has 0 saturated carbocycles. The van der Waals surface area contributed by atoms with E-state index in [-0.39, 0.29) is 11.8 Å². The summed E-state index contributed by atoms with van der Waals surface area (Å²) in [7, 11) is 1.52. The van der Waals surface area contributed by atoms with Crippen LogP contribution >= 0.6 is 27.5 Å². The number of rotatable bonds is 3. The van der Waals surface area contributed by atoms with Crippen LogP contribution in [0.3, 0.4) is 0 Å². The standard InChI is InChI=1S/C15H12BrClN2O2/c1-18-14(20)11-8-9(17)6-7-13(11)19-15(21)10-4-2-3-5-12(10)16/h2-8H,1H3,(H,18,20)(H,19,21). The van der Waals surface area contributed by atoms with Crippen molar-refractivity contribution in [3.05, 3.63) is 63.1 Å². The van der Waals surface area contributed by atoms with Gasteiger partial charge in [-0.2, -0.15) is 0 Å². The van der Waals surface area contributed by atoms with E-state index in [2.05, 4.69) is 26.6 Å². The molecule has 0 saturated heterocycles. The first-order valence-electron chi connectivity index (χ1n) is 6.10. The van der Waals surface area contributed by atoms with Crippen LogP contribution in [0.15, 0.2) is 46.9 Å². The van der Waals surface area contributed by atoms with Gasteiger partial charge in [0, 0.05) is 16.5 Å². The minimum Gasteiger partial charge on any atom is -0.355 e. The van der Waals surface area contributed by atoms with Crippen LogP contribution in [-0.2, 0) is 0 Å². The Morgan fingerprint density at radius 2 is 1.76 bits per heavy atom. The molecule has 0 aliphatic carbocycles. The highest BCUT2D eigenvalue weighted by Gasteiger charge is 2.15. The largest absolute Gasteiger partial charge is 0.355 e. The molecule has 0 heterocycles. The van der Waals surface area contributed by atoms with Gasteiger partial charge in [0.05, 0.1) is 16.8 Å². The molecule has 0 unspecified atom stereocenters. The van der Waals surface area contributed by atoms with E-state index in [1.54, 1.807) is 30.3 Å².